The van der Waals surface area contributed by atoms with Gasteiger partial charge in [0.15, 0.2) is 0 Å². The highest BCUT2D eigenvalue weighted by atomic mass is 16.7. The fourth-order valence-electron chi connectivity index (χ4n) is 4.92. The van der Waals surface area contributed by atoms with Gasteiger partial charge in [0.2, 0.25) is 11.8 Å². The molecule has 2 aromatic rings. The number of carbonyl (C=O) groups excluding carboxylic acids is 1. The third-order valence-electron chi connectivity index (χ3n) is 6.68. The zero-order valence-electron chi connectivity index (χ0n) is 17.8. The van der Waals surface area contributed by atoms with Crippen molar-refractivity contribution in [2.75, 3.05) is 27.2 Å². The number of nitrogens with zero attached hydrogens (tertiary/aromatic N) is 5. The number of benzene rings is 1. The van der Waals surface area contributed by atoms with Crippen LogP contribution in [0, 0.1) is 5.41 Å². The maximum absolute atomic E-state index is 13.2. The molecular weight excluding hydrogens is 382 g/mol. The normalized spacial score (nSPS) is 25.4. The summed E-state index contributed by atoms with van der Waals surface area (Å²) in [5.74, 6) is 1.33. The molecule has 160 valence electrons. The molecule has 0 N–H and O–H groups in total. The lowest BCUT2D eigenvalue weighted by atomic mass is 9.85. The second kappa shape index (κ2) is 7.35. The van der Waals surface area contributed by atoms with Crippen LogP contribution in [-0.4, -0.2) is 64.3 Å². The molecule has 2 bridgehead atoms. The number of carbonyl (C=O) groups is 1. The number of hydrogen-bond donors (Lipinski definition) is 0. The Morgan fingerprint density at radius 3 is 2.73 bits per heavy atom. The Balaban J connectivity index is 1.34. The van der Waals surface area contributed by atoms with Crippen molar-refractivity contribution < 1.29 is 14.0 Å². The molecule has 3 atom stereocenters. The lowest BCUT2D eigenvalue weighted by Crippen LogP contribution is -2.42. The maximum atomic E-state index is 13.2. The van der Waals surface area contributed by atoms with Crippen LogP contribution in [0.1, 0.15) is 55.5 Å². The Labute approximate surface area is 176 Å². The summed E-state index contributed by atoms with van der Waals surface area (Å²) in [5.41, 5.74) is 1.16. The fraction of sp³-hybridized carbons (Fsp3) is 0.591. The van der Waals surface area contributed by atoms with E-state index in [1.54, 1.807) is 5.06 Å². The van der Waals surface area contributed by atoms with Gasteiger partial charge in [0, 0.05) is 19.0 Å². The summed E-state index contributed by atoms with van der Waals surface area (Å²) < 4.78 is 6.07. The van der Waals surface area contributed by atoms with E-state index in [1.165, 1.54) is 0 Å². The van der Waals surface area contributed by atoms with Crippen LogP contribution in [0.15, 0.2) is 34.7 Å². The van der Waals surface area contributed by atoms with Crippen LogP contribution in [0.5, 0.6) is 0 Å². The van der Waals surface area contributed by atoms with Crippen molar-refractivity contribution in [1.29, 1.82) is 0 Å². The average molecular weight is 412 g/mol. The molecule has 1 aromatic heterocycles. The highest BCUT2D eigenvalue weighted by Crippen LogP contribution is 2.61. The van der Waals surface area contributed by atoms with Crippen LogP contribution in [0.3, 0.4) is 0 Å². The SMILES string of the molecule is C[C@@H](CN(C)C)c1nnc(C2CC3(CC3)[C@@H]3CN2C(=O)N3OCc2ccccc2)o1. The Bertz CT molecular complexity index is 911. The Kier molecular flexibility index (Phi) is 4.78. The molecule has 8 nitrogen and oxygen atoms in total. The standard InChI is InChI=1S/C22H29N5O3/c1-15(12-25(2)3)19-23-24-20(30-19)17-11-22(9-10-22)18-13-26(17)21(28)27(18)29-14-16-7-5-4-6-8-16/h4-8,15,17-18H,9-14H2,1-3H3/t15-,17?,18-/m0/s1. The van der Waals surface area contributed by atoms with Gasteiger partial charge in [-0.3, -0.25) is 4.84 Å². The van der Waals surface area contributed by atoms with E-state index in [2.05, 4.69) is 22.0 Å². The molecule has 5 rings (SSSR count). The molecule has 3 heterocycles. The fourth-order valence-corrected chi connectivity index (χ4v) is 4.92. The number of likely N-dealkylation sites (N-methyl/N-ethyl adjacent to an activating group) is 1. The summed E-state index contributed by atoms with van der Waals surface area (Å²) in [6.45, 7) is 3.96. The van der Waals surface area contributed by atoms with E-state index in [0.29, 0.717) is 24.9 Å². The van der Waals surface area contributed by atoms with Gasteiger partial charge in [-0.15, -0.1) is 10.2 Å². The zero-order chi connectivity index (χ0) is 20.9. The van der Waals surface area contributed by atoms with Crippen LogP contribution in [0.4, 0.5) is 4.79 Å². The second-order valence-electron chi connectivity index (χ2n) is 9.26. The average Bonchev–Trinajstić information content (AvgIpc) is 3.20. The van der Waals surface area contributed by atoms with Crippen molar-refractivity contribution in [3.8, 4) is 0 Å². The Morgan fingerprint density at radius 1 is 1.27 bits per heavy atom. The van der Waals surface area contributed by atoms with E-state index >= 15 is 0 Å². The molecule has 30 heavy (non-hydrogen) atoms. The molecule has 0 radical (unpaired) electrons. The highest BCUT2D eigenvalue weighted by Gasteiger charge is 2.64. The Hall–Kier alpha value is -2.45. The van der Waals surface area contributed by atoms with Crippen molar-refractivity contribution in [3.63, 3.8) is 0 Å². The number of amides is 2. The summed E-state index contributed by atoms with van der Waals surface area (Å²) in [7, 11) is 4.05. The summed E-state index contributed by atoms with van der Waals surface area (Å²) >= 11 is 0. The minimum absolute atomic E-state index is 0.0919. The number of urea groups is 1. The largest absolute Gasteiger partial charge is 0.423 e. The molecule has 1 aromatic carbocycles. The lowest BCUT2D eigenvalue weighted by Gasteiger charge is -2.35. The van der Waals surface area contributed by atoms with Crippen LogP contribution in [0.25, 0.3) is 0 Å². The minimum Gasteiger partial charge on any atom is -0.423 e. The number of aromatic nitrogens is 2. The second-order valence-corrected chi connectivity index (χ2v) is 9.26. The predicted molar refractivity (Wildman–Crippen MR) is 109 cm³/mol. The molecule has 1 unspecified atom stereocenters. The highest BCUT2D eigenvalue weighted by molar-refractivity contribution is 5.77. The summed E-state index contributed by atoms with van der Waals surface area (Å²) in [6, 6.07) is 9.80. The molecule has 2 saturated heterocycles. The van der Waals surface area contributed by atoms with Crippen LogP contribution in [-0.2, 0) is 11.4 Å². The number of hydrogen-bond acceptors (Lipinski definition) is 6. The van der Waals surface area contributed by atoms with Crippen LogP contribution >= 0.6 is 0 Å². The molecule has 3 fully saturated rings. The van der Waals surface area contributed by atoms with E-state index in [1.807, 2.05) is 49.3 Å². The van der Waals surface area contributed by atoms with Gasteiger partial charge in [-0.25, -0.2) is 4.79 Å². The molecule has 1 saturated carbocycles. The molecule has 1 spiro atoms. The first-order valence-corrected chi connectivity index (χ1v) is 10.7. The van der Waals surface area contributed by atoms with Crippen molar-refractivity contribution in [2.45, 2.75) is 50.8 Å². The van der Waals surface area contributed by atoms with Gasteiger partial charge < -0.3 is 14.2 Å². The third-order valence-corrected chi connectivity index (χ3v) is 6.68. The Morgan fingerprint density at radius 2 is 2.03 bits per heavy atom. The molecule has 8 heteroatoms. The van der Waals surface area contributed by atoms with E-state index < -0.39 is 0 Å². The van der Waals surface area contributed by atoms with Crippen molar-refractivity contribution in [2.24, 2.45) is 5.41 Å². The molecule has 3 aliphatic rings. The molecular formula is C22H29N5O3. The van der Waals surface area contributed by atoms with Gasteiger partial charge in [0.05, 0.1) is 6.04 Å². The summed E-state index contributed by atoms with van der Waals surface area (Å²) in [4.78, 5) is 23.2. The summed E-state index contributed by atoms with van der Waals surface area (Å²) in [5, 5.41) is 10.2. The van der Waals surface area contributed by atoms with Crippen LogP contribution in [0.2, 0.25) is 0 Å². The van der Waals surface area contributed by atoms with E-state index in [-0.39, 0.29) is 29.4 Å². The summed E-state index contributed by atoms with van der Waals surface area (Å²) in [6.07, 6.45) is 3.08. The number of fused-ring (bicyclic) bond motifs is 3. The van der Waals surface area contributed by atoms with Gasteiger partial charge >= 0.3 is 6.03 Å². The monoisotopic (exact) mass is 411 g/mol. The first-order valence-electron chi connectivity index (χ1n) is 10.7. The van der Waals surface area contributed by atoms with Crippen molar-refractivity contribution in [3.05, 3.63) is 47.7 Å². The first-order chi connectivity index (χ1) is 14.5. The predicted octanol–water partition coefficient (Wildman–Crippen LogP) is 3.20. The maximum Gasteiger partial charge on any atom is 0.345 e. The topological polar surface area (TPSA) is 74.9 Å². The van der Waals surface area contributed by atoms with Crippen molar-refractivity contribution >= 4 is 6.03 Å². The molecule has 2 aliphatic heterocycles. The van der Waals surface area contributed by atoms with Gasteiger partial charge in [0.25, 0.3) is 0 Å². The number of rotatable bonds is 7. The van der Waals surface area contributed by atoms with Gasteiger partial charge in [-0.1, -0.05) is 37.3 Å². The number of hydroxylamine groups is 2. The lowest BCUT2D eigenvalue weighted by molar-refractivity contribution is -0.153. The van der Waals surface area contributed by atoms with Gasteiger partial charge in [-0.2, -0.15) is 5.06 Å². The van der Waals surface area contributed by atoms with Crippen molar-refractivity contribution in [1.82, 2.24) is 25.1 Å². The van der Waals surface area contributed by atoms with Gasteiger partial charge in [-0.05, 0) is 44.3 Å². The zero-order valence-corrected chi connectivity index (χ0v) is 17.8. The van der Waals surface area contributed by atoms with E-state index in [9.17, 15) is 4.79 Å². The third kappa shape index (κ3) is 3.37. The molecule has 2 amide bonds. The quantitative estimate of drug-likeness (QED) is 0.697. The van der Waals surface area contributed by atoms with Crippen LogP contribution < -0.4 is 0 Å². The number of piperidine rings is 1. The van der Waals surface area contributed by atoms with E-state index in [0.717, 1.165) is 31.4 Å². The van der Waals surface area contributed by atoms with E-state index in [4.69, 9.17) is 9.25 Å². The van der Waals surface area contributed by atoms with Gasteiger partial charge in [0.1, 0.15) is 12.6 Å². The minimum atomic E-state index is -0.172. The smallest absolute Gasteiger partial charge is 0.345 e. The first kappa shape index (κ1) is 19.5. The molecule has 1 aliphatic carbocycles.